The van der Waals surface area contributed by atoms with Crippen molar-refractivity contribution in [3.05, 3.63) is 41.3 Å². The Morgan fingerprint density at radius 3 is 2.78 bits per heavy atom. The number of aromatic nitrogens is 2. The zero-order valence-electron chi connectivity index (χ0n) is 10.9. The van der Waals surface area contributed by atoms with Crippen LogP contribution >= 0.6 is 11.6 Å². The zero-order valence-corrected chi connectivity index (χ0v) is 11.7. The quantitative estimate of drug-likeness (QED) is 0.918. The maximum atomic E-state index is 6.07. The Morgan fingerprint density at radius 2 is 2.17 bits per heavy atom. The van der Waals surface area contributed by atoms with Gasteiger partial charge in [0.2, 0.25) is 0 Å². The van der Waals surface area contributed by atoms with Crippen LogP contribution in [0.5, 0.6) is 0 Å². The molecule has 0 saturated carbocycles. The Kier molecular flexibility index (Phi) is 4.04. The molecule has 0 spiro atoms. The van der Waals surface area contributed by atoms with E-state index in [4.69, 9.17) is 11.6 Å². The van der Waals surface area contributed by atoms with Crippen molar-refractivity contribution < 1.29 is 0 Å². The number of nitrogens with one attached hydrogen (secondary N) is 1. The van der Waals surface area contributed by atoms with Crippen LogP contribution in [0, 0.1) is 0 Å². The summed E-state index contributed by atoms with van der Waals surface area (Å²) in [5, 5.41) is 4.17. The maximum Gasteiger partial charge on any atom is 0.0951 e. The summed E-state index contributed by atoms with van der Waals surface area (Å²) in [4.78, 5) is 4.40. The molecule has 0 aliphatic heterocycles. The van der Waals surface area contributed by atoms with Gasteiger partial charge in [-0.15, -0.1) is 0 Å². The fourth-order valence-corrected chi connectivity index (χ4v) is 2.02. The minimum atomic E-state index is 0.445. The number of benzene rings is 1. The first kappa shape index (κ1) is 13.1. The van der Waals surface area contributed by atoms with Crippen molar-refractivity contribution in [2.45, 2.75) is 26.4 Å². The summed E-state index contributed by atoms with van der Waals surface area (Å²) in [5.41, 5.74) is 3.29. The molecule has 1 aromatic carbocycles. The lowest BCUT2D eigenvalue weighted by Gasteiger charge is -2.12. The molecule has 0 bridgehead atoms. The van der Waals surface area contributed by atoms with Crippen LogP contribution in [0.4, 0.5) is 0 Å². The molecule has 96 valence electrons. The van der Waals surface area contributed by atoms with Gasteiger partial charge in [-0.1, -0.05) is 31.5 Å². The lowest BCUT2D eigenvalue weighted by Crippen LogP contribution is -2.22. The van der Waals surface area contributed by atoms with E-state index in [9.17, 15) is 0 Å². The predicted molar refractivity (Wildman–Crippen MR) is 75.6 cm³/mol. The molecule has 1 heterocycles. The average Bonchev–Trinajstić information content (AvgIpc) is 2.73. The molecule has 2 aromatic rings. The molecule has 0 atom stereocenters. The molecule has 0 saturated heterocycles. The highest BCUT2D eigenvalue weighted by atomic mass is 35.5. The number of hydrogen-bond donors (Lipinski definition) is 1. The summed E-state index contributed by atoms with van der Waals surface area (Å²) in [6.45, 7) is 5.06. The molecule has 3 nitrogen and oxygen atoms in total. The summed E-state index contributed by atoms with van der Waals surface area (Å²) >= 11 is 6.07. The number of rotatable bonds is 4. The second kappa shape index (κ2) is 5.55. The molecular formula is C14H18ClN3. The summed E-state index contributed by atoms with van der Waals surface area (Å²) in [5.74, 6) is 0. The van der Waals surface area contributed by atoms with Gasteiger partial charge in [-0.2, -0.15) is 0 Å². The standard InChI is InChI=1S/C14H18ClN3/c1-10(2)16-7-11-6-12(15)4-5-13(11)14-8-18(3)9-17-14/h4-6,8-10,16H,7H2,1-3H3. The zero-order chi connectivity index (χ0) is 13.1. The third kappa shape index (κ3) is 3.12. The average molecular weight is 264 g/mol. The van der Waals surface area contributed by atoms with Crippen molar-refractivity contribution in [1.82, 2.24) is 14.9 Å². The van der Waals surface area contributed by atoms with E-state index < -0.39 is 0 Å². The van der Waals surface area contributed by atoms with Crippen LogP contribution < -0.4 is 5.32 Å². The second-order valence-corrected chi connectivity index (χ2v) is 5.20. The van der Waals surface area contributed by atoms with Gasteiger partial charge in [-0.25, -0.2) is 4.98 Å². The molecule has 1 aromatic heterocycles. The normalized spacial score (nSPS) is 11.2. The molecular weight excluding hydrogens is 246 g/mol. The first-order chi connectivity index (χ1) is 8.56. The third-order valence-corrected chi connectivity index (χ3v) is 2.98. The SMILES string of the molecule is CC(C)NCc1cc(Cl)ccc1-c1cn(C)cn1. The van der Waals surface area contributed by atoms with E-state index >= 15 is 0 Å². The topological polar surface area (TPSA) is 29.9 Å². The molecule has 1 N–H and O–H groups in total. The Labute approximate surface area is 113 Å². The van der Waals surface area contributed by atoms with Gasteiger partial charge in [-0.05, 0) is 17.7 Å². The number of aryl methyl sites for hydroxylation is 1. The number of nitrogens with zero attached hydrogens (tertiary/aromatic N) is 2. The van der Waals surface area contributed by atoms with Gasteiger partial charge < -0.3 is 9.88 Å². The van der Waals surface area contributed by atoms with E-state index in [0.717, 1.165) is 22.8 Å². The number of hydrogen-bond acceptors (Lipinski definition) is 2. The minimum Gasteiger partial charge on any atom is -0.340 e. The minimum absolute atomic E-state index is 0.445. The predicted octanol–water partition coefficient (Wildman–Crippen LogP) is 3.24. The third-order valence-electron chi connectivity index (χ3n) is 2.75. The highest BCUT2D eigenvalue weighted by molar-refractivity contribution is 6.30. The molecule has 0 aliphatic carbocycles. The van der Waals surface area contributed by atoms with Crippen LogP contribution in [0.25, 0.3) is 11.3 Å². The smallest absolute Gasteiger partial charge is 0.0951 e. The van der Waals surface area contributed by atoms with E-state index in [1.807, 2.05) is 42.3 Å². The van der Waals surface area contributed by atoms with Gasteiger partial charge >= 0.3 is 0 Å². The van der Waals surface area contributed by atoms with Crippen molar-refractivity contribution in [2.75, 3.05) is 0 Å². The summed E-state index contributed by atoms with van der Waals surface area (Å²) in [6.07, 6.45) is 3.83. The van der Waals surface area contributed by atoms with Gasteiger partial charge in [0, 0.05) is 36.4 Å². The Hall–Kier alpha value is -1.32. The van der Waals surface area contributed by atoms with Crippen LogP contribution in [-0.4, -0.2) is 15.6 Å². The van der Waals surface area contributed by atoms with Crippen LogP contribution in [0.2, 0.25) is 5.02 Å². The van der Waals surface area contributed by atoms with Gasteiger partial charge in [0.05, 0.1) is 12.0 Å². The summed E-state index contributed by atoms with van der Waals surface area (Å²) < 4.78 is 1.95. The molecule has 0 amide bonds. The van der Waals surface area contributed by atoms with Crippen molar-refractivity contribution in [1.29, 1.82) is 0 Å². The lowest BCUT2D eigenvalue weighted by molar-refractivity contribution is 0.589. The van der Waals surface area contributed by atoms with Gasteiger partial charge in [-0.3, -0.25) is 0 Å². The van der Waals surface area contributed by atoms with E-state index in [-0.39, 0.29) is 0 Å². The van der Waals surface area contributed by atoms with Crippen LogP contribution in [-0.2, 0) is 13.6 Å². The van der Waals surface area contributed by atoms with Gasteiger partial charge in [0.1, 0.15) is 0 Å². The first-order valence-corrected chi connectivity index (χ1v) is 6.44. The fraction of sp³-hybridized carbons (Fsp3) is 0.357. The van der Waals surface area contributed by atoms with Crippen molar-refractivity contribution in [3.8, 4) is 11.3 Å². The molecule has 2 rings (SSSR count). The Bertz CT molecular complexity index is 532. The maximum absolute atomic E-state index is 6.07. The van der Waals surface area contributed by atoms with Crippen molar-refractivity contribution in [2.24, 2.45) is 7.05 Å². The van der Waals surface area contributed by atoms with Crippen LogP contribution in [0.15, 0.2) is 30.7 Å². The Balaban J connectivity index is 2.34. The first-order valence-electron chi connectivity index (χ1n) is 6.06. The largest absolute Gasteiger partial charge is 0.340 e. The lowest BCUT2D eigenvalue weighted by atomic mass is 10.0. The monoisotopic (exact) mass is 263 g/mol. The highest BCUT2D eigenvalue weighted by Gasteiger charge is 2.08. The van der Waals surface area contributed by atoms with Crippen LogP contribution in [0.1, 0.15) is 19.4 Å². The van der Waals surface area contributed by atoms with Gasteiger partial charge in [0.15, 0.2) is 0 Å². The second-order valence-electron chi connectivity index (χ2n) is 4.76. The van der Waals surface area contributed by atoms with E-state index in [1.165, 1.54) is 5.56 Å². The molecule has 0 aliphatic rings. The highest BCUT2D eigenvalue weighted by Crippen LogP contribution is 2.25. The van der Waals surface area contributed by atoms with E-state index in [0.29, 0.717) is 6.04 Å². The van der Waals surface area contributed by atoms with Crippen molar-refractivity contribution in [3.63, 3.8) is 0 Å². The summed E-state index contributed by atoms with van der Waals surface area (Å²) in [6, 6.07) is 6.38. The molecule has 0 fully saturated rings. The van der Waals surface area contributed by atoms with Crippen LogP contribution in [0.3, 0.4) is 0 Å². The van der Waals surface area contributed by atoms with E-state index in [1.54, 1.807) is 0 Å². The summed E-state index contributed by atoms with van der Waals surface area (Å²) in [7, 11) is 1.97. The number of halogens is 1. The molecule has 0 radical (unpaired) electrons. The Morgan fingerprint density at radius 1 is 1.39 bits per heavy atom. The molecule has 18 heavy (non-hydrogen) atoms. The van der Waals surface area contributed by atoms with Crippen molar-refractivity contribution >= 4 is 11.6 Å². The molecule has 0 unspecified atom stereocenters. The van der Waals surface area contributed by atoms with Gasteiger partial charge in [0.25, 0.3) is 0 Å². The fourth-order valence-electron chi connectivity index (χ4n) is 1.82. The number of imidazole rings is 1. The van der Waals surface area contributed by atoms with E-state index in [2.05, 4.69) is 24.1 Å². The molecule has 4 heteroatoms.